The van der Waals surface area contributed by atoms with Gasteiger partial charge in [0.25, 0.3) is 0 Å². The molecule has 3 rings (SSSR count). The molecule has 3 aromatic carbocycles. The van der Waals surface area contributed by atoms with Crippen LogP contribution in [0.3, 0.4) is 0 Å². The first kappa shape index (κ1) is 20.6. The summed E-state index contributed by atoms with van der Waals surface area (Å²) in [5.74, 6) is 0.407. The van der Waals surface area contributed by atoms with Crippen molar-refractivity contribution in [1.82, 2.24) is 0 Å². The van der Waals surface area contributed by atoms with E-state index < -0.39 is 10.0 Å². The van der Waals surface area contributed by atoms with Crippen molar-refractivity contribution < 1.29 is 17.9 Å². The van der Waals surface area contributed by atoms with Gasteiger partial charge in [-0.05, 0) is 36.2 Å². The van der Waals surface area contributed by atoms with Crippen LogP contribution in [0.2, 0.25) is 0 Å². The monoisotopic (exact) mass is 410 g/mol. The van der Waals surface area contributed by atoms with Gasteiger partial charge in [-0.3, -0.25) is 4.79 Å². The summed E-state index contributed by atoms with van der Waals surface area (Å²) in [6.45, 7) is 1.83. The fraction of sp³-hybridized carbons (Fsp3) is 0.136. The Bertz CT molecular complexity index is 1110. The first-order chi connectivity index (χ1) is 13.8. The molecule has 0 fully saturated rings. The number of rotatable bonds is 7. The van der Waals surface area contributed by atoms with Gasteiger partial charge in [-0.15, -0.1) is 0 Å². The standard InChI is InChI=1S/C22H22N2O4S/c1-16-11-12-18(15-21(16)29(23,26)27)24-22(25)13-14-28-20-10-6-5-9-19(20)17-7-3-2-4-8-17/h2-12,15H,13-14H2,1H3,(H,24,25)(H2,23,26,27). The third kappa shape index (κ3) is 5.43. The third-order valence-electron chi connectivity index (χ3n) is 4.34. The van der Waals surface area contributed by atoms with E-state index in [0.29, 0.717) is 17.0 Å². The average Bonchev–Trinajstić information content (AvgIpc) is 2.70. The van der Waals surface area contributed by atoms with Gasteiger partial charge in [0.2, 0.25) is 15.9 Å². The molecule has 0 unspecified atom stereocenters. The number of ether oxygens (including phenoxy) is 1. The van der Waals surface area contributed by atoms with E-state index in [0.717, 1.165) is 11.1 Å². The molecule has 0 aromatic heterocycles. The highest BCUT2D eigenvalue weighted by molar-refractivity contribution is 7.89. The molecule has 0 aliphatic heterocycles. The molecular weight excluding hydrogens is 388 g/mol. The van der Waals surface area contributed by atoms with Crippen LogP contribution in [0, 0.1) is 6.92 Å². The summed E-state index contributed by atoms with van der Waals surface area (Å²) in [7, 11) is -3.85. The van der Waals surface area contributed by atoms with Crippen molar-refractivity contribution in [2.45, 2.75) is 18.2 Å². The second-order valence-electron chi connectivity index (χ2n) is 6.53. The molecule has 150 valence electrons. The normalized spacial score (nSPS) is 11.1. The van der Waals surface area contributed by atoms with Crippen LogP contribution in [0.5, 0.6) is 5.75 Å². The zero-order valence-electron chi connectivity index (χ0n) is 16.0. The highest BCUT2D eigenvalue weighted by Gasteiger charge is 2.13. The molecule has 0 aliphatic carbocycles. The maximum Gasteiger partial charge on any atom is 0.238 e. The Morgan fingerprint density at radius 2 is 1.69 bits per heavy atom. The van der Waals surface area contributed by atoms with Gasteiger partial charge in [0, 0.05) is 11.3 Å². The number of hydrogen-bond acceptors (Lipinski definition) is 4. The number of sulfonamides is 1. The maximum atomic E-state index is 12.2. The van der Waals surface area contributed by atoms with Crippen molar-refractivity contribution in [3.63, 3.8) is 0 Å². The molecule has 7 heteroatoms. The Morgan fingerprint density at radius 1 is 1.00 bits per heavy atom. The van der Waals surface area contributed by atoms with E-state index in [1.165, 1.54) is 6.07 Å². The van der Waals surface area contributed by atoms with Gasteiger partial charge in [-0.2, -0.15) is 0 Å². The first-order valence-electron chi connectivity index (χ1n) is 9.05. The Kier molecular flexibility index (Phi) is 6.31. The molecule has 0 heterocycles. The molecule has 0 spiro atoms. The zero-order chi connectivity index (χ0) is 20.9. The molecule has 3 aromatic rings. The summed E-state index contributed by atoms with van der Waals surface area (Å²) in [6.07, 6.45) is 0.113. The topological polar surface area (TPSA) is 98.5 Å². The molecule has 1 amide bonds. The molecule has 0 saturated carbocycles. The molecule has 0 atom stereocenters. The minimum Gasteiger partial charge on any atom is -0.492 e. The van der Waals surface area contributed by atoms with Gasteiger partial charge in [-0.1, -0.05) is 54.6 Å². The second kappa shape index (κ2) is 8.89. The molecule has 0 saturated heterocycles. The Morgan fingerprint density at radius 3 is 2.41 bits per heavy atom. The van der Waals surface area contributed by atoms with Gasteiger partial charge >= 0.3 is 0 Å². The number of aryl methyl sites for hydroxylation is 1. The van der Waals surface area contributed by atoms with Crippen LogP contribution in [0.4, 0.5) is 5.69 Å². The van der Waals surface area contributed by atoms with E-state index in [-0.39, 0.29) is 23.8 Å². The summed E-state index contributed by atoms with van der Waals surface area (Å²) in [6, 6.07) is 22.1. The lowest BCUT2D eigenvalue weighted by atomic mass is 10.1. The Labute approximate surface area is 170 Å². The van der Waals surface area contributed by atoms with E-state index in [1.807, 2.05) is 54.6 Å². The molecule has 6 nitrogen and oxygen atoms in total. The van der Waals surface area contributed by atoms with Crippen LogP contribution in [-0.4, -0.2) is 20.9 Å². The molecule has 0 aliphatic rings. The number of anilines is 1. The third-order valence-corrected chi connectivity index (χ3v) is 5.39. The number of hydrogen-bond donors (Lipinski definition) is 2. The molecule has 3 N–H and O–H groups in total. The van der Waals surface area contributed by atoms with Crippen molar-refractivity contribution in [2.24, 2.45) is 5.14 Å². The number of amides is 1. The maximum absolute atomic E-state index is 12.2. The van der Waals surface area contributed by atoms with E-state index in [1.54, 1.807) is 19.1 Å². The lowest BCUT2D eigenvalue weighted by molar-refractivity contribution is -0.116. The van der Waals surface area contributed by atoms with Crippen molar-refractivity contribution in [3.05, 3.63) is 78.4 Å². The highest BCUT2D eigenvalue weighted by atomic mass is 32.2. The van der Waals surface area contributed by atoms with Crippen molar-refractivity contribution in [1.29, 1.82) is 0 Å². The largest absolute Gasteiger partial charge is 0.492 e. The van der Waals surface area contributed by atoms with Crippen LogP contribution >= 0.6 is 0 Å². The number of nitrogens with one attached hydrogen (secondary N) is 1. The number of primary sulfonamides is 1. The van der Waals surface area contributed by atoms with Crippen LogP contribution in [0.1, 0.15) is 12.0 Å². The lowest BCUT2D eigenvalue weighted by Gasteiger charge is -2.12. The fourth-order valence-electron chi connectivity index (χ4n) is 2.91. The SMILES string of the molecule is Cc1ccc(NC(=O)CCOc2ccccc2-c2ccccc2)cc1S(N)(=O)=O. The van der Waals surface area contributed by atoms with Crippen molar-refractivity contribution in [2.75, 3.05) is 11.9 Å². The molecular formula is C22H22N2O4S. The first-order valence-corrected chi connectivity index (χ1v) is 10.6. The molecule has 0 radical (unpaired) electrons. The number of para-hydroxylation sites is 1. The number of carbonyl (C=O) groups excluding carboxylic acids is 1. The molecule has 0 bridgehead atoms. The van der Waals surface area contributed by atoms with Crippen molar-refractivity contribution in [3.8, 4) is 16.9 Å². The van der Waals surface area contributed by atoms with E-state index in [9.17, 15) is 13.2 Å². The van der Waals surface area contributed by atoms with Crippen LogP contribution in [0.15, 0.2) is 77.7 Å². The second-order valence-corrected chi connectivity index (χ2v) is 8.06. The Balaban J connectivity index is 1.62. The highest BCUT2D eigenvalue weighted by Crippen LogP contribution is 2.29. The van der Waals surface area contributed by atoms with E-state index >= 15 is 0 Å². The minimum atomic E-state index is -3.85. The summed E-state index contributed by atoms with van der Waals surface area (Å²) >= 11 is 0. The van der Waals surface area contributed by atoms with Gasteiger partial charge in [0.15, 0.2) is 0 Å². The summed E-state index contributed by atoms with van der Waals surface area (Å²) in [5, 5.41) is 7.88. The van der Waals surface area contributed by atoms with Crippen LogP contribution < -0.4 is 15.2 Å². The fourth-order valence-corrected chi connectivity index (χ4v) is 3.72. The summed E-state index contributed by atoms with van der Waals surface area (Å²) < 4.78 is 29.0. The summed E-state index contributed by atoms with van der Waals surface area (Å²) in [5.41, 5.74) is 2.87. The van der Waals surface area contributed by atoms with E-state index in [2.05, 4.69) is 5.32 Å². The van der Waals surface area contributed by atoms with Gasteiger partial charge < -0.3 is 10.1 Å². The van der Waals surface area contributed by atoms with Crippen molar-refractivity contribution >= 4 is 21.6 Å². The Hall–Kier alpha value is -3.16. The quantitative estimate of drug-likeness (QED) is 0.620. The van der Waals surface area contributed by atoms with Crippen LogP contribution in [-0.2, 0) is 14.8 Å². The number of benzene rings is 3. The average molecular weight is 410 g/mol. The minimum absolute atomic E-state index is 0.0108. The van der Waals surface area contributed by atoms with Crippen LogP contribution in [0.25, 0.3) is 11.1 Å². The van der Waals surface area contributed by atoms with E-state index in [4.69, 9.17) is 9.88 Å². The van der Waals surface area contributed by atoms with Gasteiger partial charge in [0.1, 0.15) is 5.75 Å². The number of carbonyl (C=O) groups is 1. The lowest BCUT2D eigenvalue weighted by Crippen LogP contribution is -2.17. The summed E-state index contributed by atoms with van der Waals surface area (Å²) in [4.78, 5) is 12.2. The van der Waals surface area contributed by atoms with Gasteiger partial charge in [-0.25, -0.2) is 13.6 Å². The zero-order valence-corrected chi connectivity index (χ0v) is 16.8. The van der Waals surface area contributed by atoms with Gasteiger partial charge in [0.05, 0.1) is 17.9 Å². The molecule has 29 heavy (non-hydrogen) atoms. The number of nitrogens with two attached hydrogens (primary N) is 1. The predicted molar refractivity (Wildman–Crippen MR) is 113 cm³/mol. The smallest absolute Gasteiger partial charge is 0.238 e. The predicted octanol–water partition coefficient (Wildman–Crippen LogP) is 3.72.